The van der Waals surface area contributed by atoms with Crippen molar-refractivity contribution in [1.29, 1.82) is 0 Å². The highest BCUT2D eigenvalue weighted by atomic mass is 14.9. The zero-order valence-corrected chi connectivity index (χ0v) is 6.26. The molecule has 60 valence electrons. The average Bonchev–Trinajstić information content (AvgIpc) is 2.58. The summed E-state index contributed by atoms with van der Waals surface area (Å²) in [6.45, 7) is -2.12. The van der Waals surface area contributed by atoms with Gasteiger partial charge >= 0.3 is 0 Å². The second kappa shape index (κ2) is 2.81. The van der Waals surface area contributed by atoms with Gasteiger partial charge in [0.2, 0.25) is 0 Å². The molecular weight excluding hydrogens is 148 g/mol. The number of rotatable bonds is 1. The lowest BCUT2D eigenvalue weighted by Gasteiger charge is -1.96. The normalized spacial score (nSPS) is 17.2. The highest BCUT2D eigenvalue weighted by Gasteiger charge is 1.96. The predicted molar refractivity (Wildman–Crippen MR) is 48.8 cm³/mol. The number of aromatic amines is 1. The number of aromatic nitrogens is 2. The van der Waals surface area contributed by atoms with Crippen LogP contribution in [0.5, 0.6) is 0 Å². The van der Waals surface area contributed by atoms with Crippen molar-refractivity contribution in [2.24, 2.45) is 0 Å². The fraction of sp³-hybridized carbons (Fsp3) is 0.100. The summed E-state index contributed by atoms with van der Waals surface area (Å²) in [6, 6.07) is 6.22. The molecule has 1 aromatic heterocycles. The van der Waals surface area contributed by atoms with Crippen molar-refractivity contribution in [1.82, 2.24) is 9.97 Å². The molecule has 0 radical (unpaired) electrons. The lowest BCUT2D eigenvalue weighted by molar-refractivity contribution is 1.30. The van der Waals surface area contributed by atoms with Crippen LogP contribution >= 0.6 is 0 Å². The Labute approximate surface area is 78.3 Å². The van der Waals surface area contributed by atoms with E-state index in [1.165, 1.54) is 12.1 Å². The molecular formula is C10H10N2. The third-order valence-corrected chi connectivity index (χ3v) is 1.56. The molecule has 2 nitrogen and oxygen atoms in total. The van der Waals surface area contributed by atoms with E-state index in [-0.39, 0.29) is 17.9 Å². The van der Waals surface area contributed by atoms with Gasteiger partial charge in [0.05, 0.1) is 2.74 Å². The Balaban J connectivity index is 2.36. The van der Waals surface area contributed by atoms with Crippen LogP contribution in [0.1, 0.15) is 12.4 Å². The third-order valence-electron chi connectivity index (χ3n) is 1.56. The molecule has 0 spiro atoms. The number of nitrogens with one attached hydrogen (secondary N) is 1. The largest absolute Gasteiger partial charge is 0.345 e. The van der Waals surface area contributed by atoms with Gasteiger partial charge in [-0.1, -0.05) is 29.8 Å². The van der Waals surface area contributed by atoms with Gasteiger partial charge < -0.3 is 4.98 Å². The summed E-state index contributed by atoms with van der Waals surface area (Å²) in [4.78, 5) is 6.50. The van der Waals surface area contributed by atoms with E-state index in [1.807, 2.05) is 0 Å². The molecule has 2 rings (SSSR count). The van der Waals surface area contributed by atoms with Crippen LogP contribution in [-0.2, 0) is 0 Å². The second-order valence-electron chi connectivity index (χ2n) is 2.40. The fourth-order valence-electron chi connectivity index (χ4n) is 0.964. The summed E-state index contributed by atoms with van der Waals surface area (Å²) < 4.78 is 36.4. The van der Waals surface area contributed by atoms with E-state index in [1.54, 1.807) is 12.1 Å². The minimum absolute atomic E-state index is 0.0557. The zero-order chi connectivity index (χ0) is 12.6. The van der Waals surface area contributed by atoms with Crippen LogP contribution in [0.3, 0.4) is 0 Å². The Morgan fingerprint density at radius 1 is 1.42 bits per heavy atom. The van der Waals surface area contributed by atoms with Crippen LogP contribution in [0.25, 0.3) is 11.4 Å². The number of H-pyrrole nitrogens is 1. The second-order valence-corrected chi connectivity index (χ2v) is 2.40. The van der Waals surface area contributed by atoms with Gasteiger partial charge in [0.1, 0.15) is 5.82 Å². The quantitative estimate of drug-likeness (QED) is 0.687. The van der Waals surface area contributed by atoms with Gasteiger partial charge in [0.15, 0.2) is 0 Å². The van der Waals surface area contributed by atoms with Gasteiger partial charge in [-0.2, -0.15) is 0 Å². The molecule has 0 unspecified atom stereocenters. The summed E-state index contributed by atoms with van der Waals surface area (Å²) in [5, 5.41) is 0. The molecule has 0 saturated heterocycles. The molecule has 12 heavy (non-hydrogen) atoms. The molecule has 2 aromatic rings. The Hall–Kier alpha value is -1.57. The summed E-state index contributed by atoms with van der Waals surface area (Å²) in [6.07, 6.45) is -0.181. The fourth-order valence-corrected chi connectivity index (χ4v) is 0.964. The minimum Gasteiger partial charge on any atom is -0.345 e. The number of benzene rings is 1. The van der Waals surface area contributed by atoms with Crippen LogP contribution in [0.15, 0.2) is 36.6 Å². The summed E-state index contributed by atoms with van der Waals surface area (Å²) >= 11 is 0. The number of hydrogen-bond acceptors (Lipinski definition) is 1. The molecule has 0 bridgehead atoms. The SMILES string of the molecule is [2H]c1nc(-c2ccc(C([2H])([2H])[2H])cc2)[nH]c1[2H]. The molecule has 0 saturated carbocycles. The molecule has 1 N–H and O–H groups in total. The highest BCUT2D eigenvalue weighted by molar-refractivity contribution is 5.54. The predicted octanol–water partition coefficient (Wildman–Crippen LogP) is 2.39. The molecule has 0 fully saturated rings. The first-order valence-electron chi connectivity index (χ1n) is 6.02. The van der Waals surface area contributed by atoms with Crippen LogP contribution in [0, 0.1) is 6.85 Å². The Kier molecular flexibility index (Phi) is 0.806. The van der Waals surface area contributed by atoms with E-state index in [0.717, 1.165) is 0 Å². The summed E-state index contributed by atoms with van der Waals surface area (Å²) in [5.41, 5.74) is 0.912. The number of aryl methyl sites for hydroxylation is 1. The Bertz CT molecular complexity index is 507. The van der Waals surface area contributed by atoms with Crippen molar-refractivity contribution in [3.63, 3.8) is 0 Å². The van der Waals surface area contributed by atoms with E-state index in [9.17, 15) is 0 Å². The average molecular weight is 163 g/mol. The third kappa shape index (κ3) is 1.23. The van der Waals surface area contributed by atoms with Crippen LogP contribution in [-0.4, -0.2) is 9.97 Å². The maximum atomic E-state index is 7.34. The van der Waals surface area contributed by atoms with Gasteiger partial charge in [-0.05, 0) is 6.85 Å². The van der Waals surface area contributed by atoms with Crippen LogP contribution in [0.4, 0.5) is 0 Å². The van der Waals surface area contributed by atoms with Crippen molar-refractivity contribution in [3.05, 3.63) is 42.2 Å². The maximum Gasteiger partial charge on any atom is 0.137 e. The van der Waals surface area contributed by atoms with Crippen molar-refractivity contribution in [2.75, 3.05) is 0 Å². The topological polar surface area (TPSA) is 28.7 Å². The molecule has 0 aliphatic carbocycles. The van der Waals surface area contributed by atoms with Crippen molar-refractivity contribution in [3.8, 4) is 11.4 Å². The maximum absolute atomic E-state index is 7.34. The van der Waals surface area contributed by atoms with E-state index in [2.05, 4.69) is 9.97 Å². The molecule has 0 aliphatic heterocycles. The van der Waals surface area contributed by atoms with E-state index < -0.39 is 6.85 Å². The molecule has 1 aromatic carbocycles. The summed E-state index contributed by atoms with van der Waals surface area (Å²) in [5.74, 6) is 0.400. The zero-order valence-electron chi connectivity index (χ0n) is 11.3. The molecule has 0 atom stereocenters. The molecule has 0 amide bonds. The van der Waals surface area contributed by atoms with Crippen molar-refractivity contribution >= 4 is 0 Å². The Morgan fingerprint density at radius 2 is 2.25 bits per heavy atom. The van der Waals surface area contributed by atoms with Crippen molar-refractivity contribution < 1.29 is 6.85 Å². The van der Waals surface area contributed by atoms with Gasteiger partial charge in [-0.3, -0.25) is 0 Å². The first-order chi connectivity index (χ1) is 7.88. The number of hydrogen-bond donors (Lipinski definition) is 1. The van der Waals surface area contributed by atoms with E-state index in [0.29, 0.717) is 11.4 Å². The van der Waals surface area contributed by atoms with Crippen LogP contribution < -0.4 is 0 Å². The standard InChI is InChI=1S/C10H10N2/c1-8-2-4-9(5-3-8)10-11-6-7-12-10/h2-7H,1H3,(H,11,12)/i1D3,6D,7D. The number of imidazole rings is 1. The smallest absolute Gasteiger partial charge is 0.137 e. The molecule has 0 aliphatic rings. The molecule has 1 heterocycles. The monoisotopic (exact) mass is 163 g/mol. The highest BCUT2D eigenvalue weighted by Crippen LogP contribution is 2.14. The molecule has 2 heteroatoms. The Morgan fingerprint density at radius 3 is 2.83 bits per heavy atom. The van der Waals surface area contributed by atoms with Crippen LogP contribution in [0.2, 0.25) is 0 Å². The van der Waals surface area contributed by atoms with Crippen molar-refractivity contribution in [2.45, 2.75) is 6.85 Å². The lowest BCUT2D eigenvalue weighted by atomic mass is 10.1. The van der Waals surface area contributed by atoms with Gasteiger partial charge in [-0.25, -0.2) is 4.98 Å². The number of nitrogens with zero attached hydrogens (tertiary/aromatic N) is 1. The van der Waals surface area contributed by atoms with E-state index >= 15 is 0 Å². The lowest BCUT2D eigenvalue weighted by Crippen LogP contribution is -1.79. The van der Waals surface area contributed by atoms with Gasteiger partial charge in [-0.15, -0.1) is 0 Å². The first kappa shape index (κ1) is 3.44. The first-order valence-corrected chi connectivity index (χ1v) is 3.52. The van der Waals surface area contributed by atoms with E-state index in [4.69, 9.17) is 6.85 Å². The van der Waals surface area contributed by atoms with Gasteiger partial charge in [0, 0.05) is 22.0 Å². The summed E-state index contributed by atoms with van der Waals surface area (Å²) in [7, 11) is 0. The minimum atomic E-state index is -2.12. The van der Waals surface area contributed by atoms with Gasteiger partial charge in [0.25, 0.3) is 0 Å².